The SMILES string of the molecule is CC(C)=CCC/C(C)=C/CN1C(=O)[C@@]2(O[C@@H](CCn3cc(C(CO)c4ccccc4)nn3)[C@H]([Si](C)(C)O)[C@H]2C)c2cc(NC(=O)[C@H]3CCCN3)ccc21. The van der Waals surface area contributed by atoms with Gasteiger partial charge >= 0.3 is 0 Å². The molecule has 0 aliphatic carbocycles. The van der Waals surface area contributed by atoms with E-state index in [-0.39, 0.29) is 41.8 Å². The summed E-state index contributed by atoms with van der Waals surface area (Å²) in [4.78, 5) is 41.8. The Balaban J connectivity index is 1.30. The summed E-state index contributed by atoms with van der Waals surface area (Å²) in [6.07, 6.45) is 9.85. The van der Waals surface area contributed by atoms with Crippen LogP contribution in [0.3, 0.4) is 0 Å². The summed E-state index contributed by atoms with van der Waals surface area (Å²) in [6, 6.07) is 15.2. The average Bonchev–Trinajstić information content (AvgIpc) is 3.91. The lowest BCUT2D eigenvalue weighted by Gasteiger charge is -2.32. The predicted molar refractivity (Wildman–Crippen MR) is 210 cm³/mol. The molecule has 1 spiro atoms. The lowest BCUT2D eigenvalue weighted by atomic mass is 9.82. The maximum atomic E-state index is 14.9. The first-order chi connectivity index (χ1) is 25.3. The van der Waals surface area contributed by atoms with E-state index in [0.717, 1.165) is 49.0 Å². The van der Waals surface area contributed by atoms with E-state index >= 15 is 0 Å². The van der Waals surface area contributed by atoms with Crippen molar-refractivity contribution in [3.8, 4) is 0 Å². The van der Waals surface area contributed by atoms with Gasteiger partial charge in [-0.05, 0) is 96.3 Å². The van der Waals surface area contributed by atoms with E-state index in [1.54, 1.807) is 4.68 Å². The number of nitrogens with zero attached hydrogens (tertiary/aromatic N) is 4. The molecule has 53 heavy (non-hydrogen) atoms. The lowest BCUT2D eigenvalue weighted by Crippen LogP contribution is -2.46. The van der Waals surface area contributed by atoms with Crippen LogP contribution in [0.15, 0.2) is 78.0 Å². The van der Waals surface area contributed by atoms with Crippen LogP contribution in [0.4, 0.5) is 11.4 Å². The molecule has 2 aromatic carbocycles. The van der Waals surface area contributed by atoms with Gasteiger partial charge in [0.05, 0.1) is 36.1 Å². The molecule has 6 atom stereocenters. The molecule has 4 heterocycles. The summed E-state index contributed by atoms with van der Waals surface area (Å²) in [6.45, 7) is 13.7. The number of hydrogen-bond donors (Lipinski definition) is 4. The maximum absolute atomic E-state index is 14.9. The smallest absolute Gasteiger partial charge is 0.264 e. The molecule has 11 nitrogen and oxygen atoms in total. The summed E-state index contributed by atoms with van der Waals surface area (Å²) < 4.78 is 8.84. The van der Waals surface area contributed by atoms with E-state index in [9.17, 15) is 19.5 Å². The summed E-state index contributed by atoms with van der Waals surface area (Å²) in [5.41, 5.74) is 4.63. The van der Waals surface area contributed by atoms with E-state index in [1.165, 1.54) is 11.1 Å². The molecular formula is C41H56N6O5Si. The second kappa shape index (κ2) is 16.2. The number of carbonyl (C=O) groups excluding carboxylic acids is 2. The molecule has 1 aromatic heterocycles. The van der Waals surface area contributed by atoms with E-state index in [0.29, 0.717) is 30.9 Å². The standard InChI is InChI=1S/C41H56N6O5Si/c1-27(2)12-10-13-28(3)19-23-47-36-18-17-31(43-39(49)34-16-11-21-42-34)24-33(36)41(40(47)50)29(4)38(53(5,6)51)37(52-41)20-22-46-25-35(44-45-46)32(26-48)30-14-8-7-9-15-30/h7-9,12,14-15,17-19,24-25,29,32,34,37-38,42,48,51H,10-11,13,16,20-23,26H2,1-6H3,(H,43,49)/b28-19+/t29-,32?,34-,37+,38-,41+/m1/s1. The van der Waals surface area contributed by atoms with Gasteiger partial charge in [-0.3, -0.25) is 14.3 Å². The Bertz CT molecular complexity index is 1830. The Morgan fingerprint density at radius 3 is 2.62 bits per heavy atom. The van der Waals surface area contributed by atoms with Gasteiger partial charge in [0.1, 0.15) is 0 Å². The molecular weight excluding hydrogens is 685 g/mol. The van der Waals surface area contributed by atoms with Gasteiger partial charge in [0, 0.05) is 42.0 Å². The number of anilines is 2. The third-order valence-electron chi connectivity index (χ3n) is 11.3. The number of nitrogens with one attached hydrogen (secondary N) is 2. The van der Waals surface area contributed by atoms with Crippen molar-refractivity contribution in [3.63, 3.8) is 0 Å². The fraction of sp³-hybridized carbons (Fsp3) is 0.512. The third-order valence-corrected chi connectivity index (χ3v) is 13.8. The van der Waals surface area contributed by atoms with E-state index in [1.807, 2.05) is 79.6 Å². The van der Waals surface area contributed by atoms with Gasteiger partial charge in [0.15, 0.2) is 13.9 Å². The van der Waals surface area contributed by atoms with Crippen molar-refractivity contribution in [2.24, 2.45) is 5.92 Å². The fourth-order valence-corrected chi connectivity index (χ4v) is 11.2. The summed E-state index contributed by atoms with van der Waals surface area (Å²) in [5, 5.41) is 25.4. The van der Waals surface area contributed by atoms with E-state index in [2.05, 4.69) is 53.9 Å². The van der Waals surface area contributed by atoms with Crippen LogP contribution in [-0.2, 0) is 26.5 Å². The first kappa shape index (κ1) is 38.8. The zero-order chi connectivity index (χ0) is 37.9. The van der Waals surface area contributed by atoms with Gasteiger partial charge in [-0.1, -0.05) is 65.8 Å². The first-order valence-corrected chi connectivity index (χ1v) is 22.1. The summed E-state index contributed by atoms with van der Waals surface area (Å²) in [5.74, 6) is -0.869. The number of ether oxygens (including phenoxy) is 1. The average molecular weight is 741 g/mol. The number of carbonyl (C=O) groups is 2. The highest BCUT2D eigenvalue weighted by atomic mass is 28.4. The van der Waals surface area contributed by atoms with Crippen molar-refractivity contribution in [2.75, 3.05) is 29.9 Å². The first-order valence-electron chi connectivity index (χ1n) is 19.1. The monoisotopic (exact) mass is 740 g/mol. The number of aliphatic hydroxyl groups excluding tert-OH is 1. The molecule has 0 bridgehead atoms. The van der Waals surface area contributed by atoms with Gasteiger partial charge in [0.25, 0.3) is 5.91 Å². The highest BCUT2D eigenvalue weighted by molar-refractivity contribution is 6.71. The molecule has 12 heteroatoms. The van der Waals surface area contributed by atoms with Crippen molar-refractivity contribution in [3.05, 3.63) is 94.8 Å². The third kappa shape index (κ3) is 8.12. The number of fused-ring (bicyclic) bond motifs is 2. The number of hydrogen-bond acceptors (Lipinski definition) is 8. The quantitative estimate of drug-likeness (QED) is 0.116. The Morgan fingerprint density at radius 1 is 1.17 bits per heavy atom. The van der Waals surface area contributed by atoms with Crippen molar-refractivity contribution in [1.82, 2.24) is 20.3 Å². The van der Waals surface area contributed by atoms with Crippen LogP contribution >= 0.6 is 0 Å². The largest absolute Gasteiger partial charge is 0.432 e. The van der Waals surface area contributed by atoms with Crippen molar-refractivity contribution >= 4 is 31.5 Å². The Kier molecular flexibility index (Phi) is 11.8. The van der Waals surface area contributed by atoms with Gasteiger partial charge in [-0.2, -0.15) is 0 Å². The predicted octanol–water partition coefficient (Wildman–Crippen LogP) is 6.02. The molecule has 284 valence electrons. The topological polar surface area (TPSA) is 142 Å². The van der Waals surface area contributed by atoms with Gasteiger partial charge in [0.2, 0.25) is 5.91 Å². The van der Waals surface area contributed by atoms with Gasteiger partial charge in [-0.15, -0.1) is 5.10 Å². The molecule has 0 radical (unpaired) electrons. The van der Waals surface area contributed by atoms with Crippen LogP contribution in [0, 0.1) is 5.92 Å². The van der Waals surface area contributed by atoms with Crippen molar-refractivity contribution in [1.29, 1.82) is 0 Å². The number of amides is 2. The molecule has 6 rings (SSSR count). The molecule has 3 aromatic rings. The summed E-state index contributed by atoms with van der Waals surface area (Å²) >= 11 is 0. The number of benzene rings is 2. The number of aliphatic hydroxyl groups is 1. The molecule has 2 amide bonds. The van der Waals surface area contributed by atoms with Crippen LogP contribution in [0.5, 0.6) is 0 Å². The van der Waals surface area contributed by atoms with Crippen LogP contribution < -0.4 is 15.5 Å². The Labute approximate surface area is 314 Å². The number of rotatable bonds is 14. The number of allylic oxidation sites excluding steroid dienone is 3. The highest BCUT2D eigenvalue weighted by Crippen LogP contribution is 2.60. The van der Waals surface area contributed by atoms with Gasteiger partial charge < -0.3 is 30.2 Å². The maximum Gasteiger partial charge on any atom is 0.264 e. The van der Waals surface area contributed by atoms with Crippen LogP contribution in [0.25, 0.3) is 0 Å². The van der Waals surface area contributed by atoms with Crippen molar-refractivity contribution < 1.29 is 24.2 Å². The molecule has 3 aliphatic rings. The second-order valence-electron chi connectivity index (χ2n) is 15.9. The number of aryl methyl sites for hydroxylation is 1. The minimum absolute atomic E-state index is 0.0875. The molecule has 1 unspecified atom stereocenters. The second-order valence-corrected chi connectivity index (χ2v) is 19.8. The minimum Gasteiger partial charge on any atom is -0.432 e. The van der Waals surface area contributed by atoms with Crippen LogP contribution in [-0.4, -0.2) is 76.9 Å². The van der Waals surface area contributed by atoms with Gasteiger partial charge in [-0.25, -0.2) is 0 Å². The minimum atomic E-state index is -2.91. The zero-order valence-corrected chi connectivity index (χ0v) is 33.0. The van der Waals surface area contributed by atoms with Crippen molar-refractivity contribution in [2.45, 2.75) is 109 Å². The lowest BCUT2D eigenvalue weighted by molar-refractivity contribution is -0.145. The normalized spacial score (nSPS) is 24.9. The number of aromatic nitrogens is 3. The Morgan fingerprint density at radius 2 is 1.94 bits per heavy atom. The van der Waals surface area contributed by atoms with Crippen LogP contribution in [0.1, 0.15) is 82.5 Å². The molecule has 3 aliphatic heterocycles. The Hall–Kier alpha value is -3.94. The molecule has 2 saturated heterocycles. The fourth-order valence-electron chi connectivity index (χ4n) is 8.58. The van der Waals surface area contributed by atoms with E-state index < -0.39 is 20.0 Å². The molecule has 2 fully saturated rings. The molecule has 0 saturated carbocycles. The molecule has 4 N–H and O–H groups in total. The van der Waals surface area contributed by atoms with E-state index in [4.69, 9.17) is 4.74 Å². The highest BCUT2D eigenvalue weighted by Gasteiger charge is 2.66. The summed E-state index contributed by atoms with van der Waals surface area (Å²) in [7, 11) is -2.91. The van der Waals surface area contributed by atoms with Crippen LogP contribution in [0.2, 0.25) is 18.6 Å². The zero-order valence-electron chi connectivity index (χ0n) is 32.0.